The Bertz CT molecular complexity index is 370. The highest BCUT2D eigenvalue weighted by atomic mass is 19.1. The van der Waals surface area contributed by atoms with Crippen LogP contribution in [0.4, 0.5) is 10.2 Å². The number of likely N-dealkylation sites (N-methyl/N-ethyl adjacent to an activating group) is 1. The number of carboxylic acids is 1. The Hall–Kier alpha value is -1.72. The molecular weight excluding hydrogens is 201 g/mol. The van der Waals surface area contributed by atoms with Gasteiger partial charge in [-0.2, -0.15) is 0 Å². The predicted octanol–water partition coefficient (Wildman–Crippen LogP) is 0.835. The van der Waals surface area contributed by atoms with Crippen LogP contribution < -0.4 is 4.90 Å². The van der Waals surface area contributed by atoms with Crippen LogP contribution in [0, 0.1) is 12.7 Å². The van der Waals surface area contributed by atoms with E-state index in [-0.39, 0.29) is 18.1 Å². The van der Waals surface area contributed by atoms with Crippen molar-refractivity contribution in [1.82, 2.24) is 9.97 Å². The molecule has 0 spiro atoms. The molecule has 1 N–H and O–H groups in total. The number of aliphatic carboxylic acids is 1. The standard InChI is InChI=1S/C9H12FN3O2/c1-3-13(4-7(14)15)9-8(10)6(2)11-5-12-9/h5H,3-4H2,1-2H3,(H,14,15). The molecule has 1 aromatic heterocycles. The molecule has 82 valence electrons. The molecule has 0 aliphatic rings. The van der Waals surface area contributed by atoms with Crippen molar-refractivity contribution < 1.29 is 14.3 Å². The zero-order valence-corrected chi connectivity index (χ0v) is 8.57. The number of halogens is 1. The summed E-state index contributed by atoms with van der Waals surface area (Å²) in [7, 11) is 0. The van der Waals surface area contributed by atoms with Crippen LogP contribution in [-0.4, -0.2) is 34.1 Å². The van der Waals surface area contributed by atoms with Crippen LogP contribution in [-0.2, 0) is 4.79 Å². The highest BCUT2D eigenvalue weighted by Crippen LogP contribution is 2.16. The van der Waals surface area contributed by atoms with Gasteiger partial charge >= 0.3 is 5.97 Å². The topological polar surface area (TPSA) is 66.3 Å². The van der Waals surface area contributed by atoms with Gasteiger partial charge in [-0.1, -0.05) is 0 Å². The molecule has 0 aromatic carbocycles. The third-order valence-electron chi connectivity index (χ3n) is 1.95. The van der Waals surface area contributed by atoms with Crippen molar-refractivity contribution >= 4 is 11.8 Å². The molecule has 5 nitrogen and oxygen atoms in total. The number of aromatic nitrogens is 2. The molecule has 0 unspecified atom stereocenters. The second-order valence-electron chi connectivity index (χ2n) is 3.00. The van der Waals surface area contributed by atoms with Crippen molar-refractivity contribution in [2.75, 3.05) is 18.0 Å². The Morgan fingerprint density at radius 2 is 2.27 bits per heavy atom. The number of nitrogens with zero attached hydrogens (tertiary/aromatic N) is 3. The van der Waals surface area contributed by atoms with Gasteiger partial charge in [0.05, 0.1) is 5.69 Å². The number of anilines is 1. The van der Waals surface area contributed by atoms with E-state index in [4.69, 9.17) is 5.11 Å². The first-order chi connectivity index (χ1) is 7.06. The summed E-state index contributed by atoms with van der Waals surface area (Å²) in [6.07, 6.45) is 1.22. The van der Waals surface area contributed by atoms with E-state index in [1.165, 1.54) is 18.2 Å². The van der Waals surface area contributed by atoms with E-state index in [1.807, 2.05) is 0 Å². The number of aryl methyl sites for hydroxylation is 1. The first-order valence-corrected chi connectivity index (χ1v) is 4.50. The molecular formula is C9H12FN3O2. The summed E-state index contributed by atoms with van der Waals surface area (Å²) in [4.78, 5) is 19.3. The lowest BCUT2D eigenvalue weighted by atomic mass is 10.3. The number of rotatable bonds is 4. The van der Waals surface area contributed by atoms with Crippen molar-refractivity contribution in [3.63, 3.8) is 0 Å². The summed E-state index contributed by atoms with van der Waals surface area (Å²) in [5.74, 6) is -1.56. The third-order valence-corrected chi connectivity index (χ3v) is 1.95. The van der Waals surface area contributed by atoms with Gasteiger partial charge in [0.1, 0.15) is 12.9 Å². The highest BCUT2D eigenvalue weighted by Gasteiger charge is 2.16. The lowest BCUT2D eigenvalue weighted by molar-refractivity contribution is -0.135. The SMILES string of the molecule is CCN(CC(=O)O)c1ncnc(C)c1F. The lowest BCUT2D eigenvalue weighted by Gasteiger charge is -2.19. The summed E-state index contributed by atoms with van der Waals surface area (Å²) < 4.78 is 13.5. The Morgan fingerprint density at radius 3 is 2.80 bits per heavy atom. The van der Waals surface area contributed by atoms with Crippen LogP contribution in [0.3, 0.4) is 0 Å². The molecule has 0 saturated carbocycles. The van der Waals surface area contributed by atoms with Gasteiger partial charge < -0.3 is 10.0 Å². The first-order valence-electron chi connectivity index (χ1n) is 4.50. The van der Waals surface area contributed by atoms with E-state index in [9.17, 15) is 9.18 Å². The molecule has 1 rings (SSSR count). The first kappa shape index (κ1) is 11.4. The molecule has 1 heterocycles. The molecule has 0 radical (unpaired) electrons. The van der Waals surface area contributed by atoms with Gasteiger partial charge in [-0.3, -0.25) is 4.79 Å². The lowest BCUT2D eigenvalue weighted by Crippen LogP contribution is -2.31. The number of hydrogen-bond donors (Lipinski definition) is 1. The van der Waals surface area contributed by atoms with Gasteiger partial charge in [-0.25, -0.2) is 14.4 Å². The minimum absolute atomic E-state index is 0.0346. The van der Waals surface area contributed by atoms with Crippen molar-refractivity contribution in [3.05, 3.63) is 17.8 Å². The summed E-state index contributed by atoms with van der Waals surface area (Å²) in [6.45, 7) is 3.35. The average molecular weight is 213 g/mol. The molecule has 0 aliphatic carbocycles. The fourth-order valence-electron chi connectivity index (χ4n) is 1.17. The van der Waals surface area contributed by atoms with Gasteiger partial charge in [0, 0.05) is 6.54 Å². The van der Waals surface area contributed by atoms with Gasteiger partial charge in [-0.15, -0.1) is 0 Å². The highest BCUT2D eigenvalue weighted by molar-refractivity contribution is 5.73. The van der Waals surface area contributed by atoms with Crippen LogP contribution in [0.2, 0.25) is 0 Å². The summed E-state index contributed by atoms with van der Waals surface area (Å²) in [5, 5.41) is 8.63. The van der Waals surface area contributed by atoms with E-state index in [2.05, 4.69) is 9.97 Å². The minimum Gasteiger partial charge on any atom is -0.480 e. The molecule has 0 amide bonds. The normalized spacial score (nSPS) is 10.1. The smallest absolute Gasteiger partial charge is 0.323 e. The van der Waals surface area contributed by atoms with Crippen molar-refractivity contribution in [2.45, 2.75) is 13.8 Å². The molecule has 15 heavy (non-hydrogen) atoms. The van der Waals surface area contributed by atoms with E-state index in [0.29, 0.717) is 6.54 Å². The van der Waals surface area contributed by atoms with Crippen LogP contribution in [0.1, 0.15) is 12.6 Å². The third kappa shape index (κ3) is 2.61. The van der Waals surface area contributed by atoms with Gasteiger partial charge in [0.2, 0.25) is 0 Å². The second-order valence-corrected chi connectivity index (χ2v) is 3.00. The van der Waals surface area contributed by atoms with E-state index < -0.39 is 11.8 Å². The van der Waals surface area contributed by atoms with Gasteiger partial charge in [0.25, 0.3) is 0 Å². The second kappa shape index (κ2) is 4.68. The Kier molecular flexibility index (Phi) is 3.54. The van der Waals surface area contributed by atoms with E-state index >= 15 is 0 Å². The van der Waals surface area contributed by atoms with Gasteiger partial charge in [-0.05, 0) is 13.8 Å². The van der Waals surface area contributed by atoms with Crippen LogP contribution in [0.5, 0.6) is 0 Å². The zero-order valence-electron chi connectivity index (χ0n) is 8.57. The van der Waals surface area contributed by atoms with Crippen molar-refractivity contribution in [2.24, 2.45) is 0 Å². The molecule has 0 fully saturated rings. The molecule has 6 heteroatoms. The maximum absolute atomic E-state index is 13.5. The quantitative estimate of drug-likeness (QED) is 0.802. The summed E-state index contributed by atoms with van der Waals surface area (Å²) >= 11 is 0. The largest absolute Gasteiger partial charge is 0.480 e. The molecule has 0 aliphatic heterocycles. The number of carbonyl (C=O) groups is 1. The molecule has 0 atom stereocenters. The summed E-state index contributed by atoms with van der Waals surface area (Å²) in [6, 6.07) is 0. The molecule has 1 aromatic rings. The molecule has 0 saturated heterocycles. The number of hydrogen-bond acceptors (Lipinski definition) is 4. The fraction of sp³-hybridized carbons (Fsp3) is 0.444. The van der Waals surface area contributed by atoms with E-state index in [0.717, 1.165) is 0 Å². The predicted molar refractivity (Wildman–Crippen MR) is 52.2 cm³/mol. The fourth-order valence-corrected chi connectivity index (χ4v) is 1.17. The Morgan fingerprint density at radius 1 is 1.60 bits per heavy atom. The van der Waals surface area contributed by atoms with Gasteiger partial charge in [0.15, 0.2) is 11.6 Å². The monoisotopic (exact) mass is 213 g/mol. The molecule has 0 bridgehead atoms. The van der Waals surface area contributed by atoms with E-state index in [1.54, 1.807) is 6.92 Å². The number of carboxylic acid groups (broad SMARTS) is 1. The zero-order chi connectivity index (χ0) is 11.4. The maximum atomic E-state index is 13.5. The van der Waals surface area contributed by atoms with Crippen molar-refractivity contribution in [1.29, 1.82) is 0 Å². The maximum Gasteiger partial charge on any atom is 0.323 e. The Balaban J connectivity index is 3.01. The van der Waals surface area contributed by atoms with Crippen LogP contribution in [0.15, 0.2) is 6.33 Å². The average Bonchev–Trinajstić information content (AvgIpc) is 2.19. The summed E-state index contributed by atoms with van der Waals surface area (Å²) in [5.41, 5.74) is 0.212. The minimum atomic E-state index is -1.02. The Labute approximate surface area is 86.6 Å². The van der Waals surface area contributed by atoms with Crippen LogP contribution in [0.25, 0.3) is 0 Å². The van der Waals surface area contributed by atoms with Crippen molar-refractivity contribution in [3.8, 4) is 0 Å². The van der Waals surface area contributed by atoms with Crippen LogP contribution >= 0.6 is 0 Å².